The fraction of sp³-hybridized carbons (Fsp3) is 0.571. The summed E-state index contributed by atoms with van der Waals surface area (Å²) in [6.07, 6.45) is 2.63. The third-order valence-corrected chi connectivity index (χ3v) is 5.59. The summed E-state index contributed by atoms with van der Waals surface area (Å²) >= 11 is 0. The monoisotopic (exact) mass is 386 g/mol. The van der Waals surface area contributed by atoms with E-state index in [1.165, 1.54) is 19.8 Å². The van der Waals surface area contributed by atoms with Crippen LogP contribution in [0.1, 0.15) is 32.3 Å². The fourth-order valence-corrected chi connectivity index (χ4v) is 4.14. The van der Waals surface area contributed by atoms with Crippen molar-refractivity contribution in [3.63, 3.8) is 0 Å². The summed E-state index contributed by atoms with van der Waals surface area (Å²) < 4.78 is 0. The van der Waals surface area contributed by atoms with E-state index < -0.39 is 0 Å². The predicted octanol–water partition coefficient (Wildman–Crippen LogP) is 1.34. The molecule has 0 bridgehead atoms. The smallest absolute Gasteiger partial charge is 0.227 e. The zero-order valence-corrected chi connectivity index (χ0v) is 16.8. The number of rotatable bonds is 5. The van der Waals surface area contributed by atoms with Gasteiger partial charge in [0.1, 0.15) is 0 Å². The van der Waals surface area contributed by atoms with Crippen LogP contribution in [0.2, 0.25) is 0 Å². The second kappa shape index (κ2) is 9.19. The molecule has 3 rings (SSSR count). The van der Waals surface area contributed by atoms with Crippen LogP contribution in [0, 0.1) is 0 Å². The molecule has 1 N–H and O–H groups in total. The van der Waals surface area contributed by atoms with Gasteiger partial charge in [-0.05, 0) is 37.6 Å². The Morgan fingerprint density at radius 2 is 1.75 bits per heavy atom. The van der Waals surface area contributed by atoms with Crippen molar-refractivity contribution in [3.8, 4) is 0 Å². The summed E-state index contributed by atoms with van der Waals surface area (Å²) in [5.41, 5.74) is 1.50. The van der Waals surface area contributed by atoms with Gasteiger partial charge in [-0.3, -0.25) is 14.4 Å². The lowest BCUT2D eigenvalue weighted by molar-refractivity contribution is -0.142. The van der Waals surface area contributed by atoms with Crippen molar-refractivity contribution < 1.29 is 14.4 Å². The third-order valence-electron chi connectivity index (χ3n) is 5.59. The second-order valence-corrected chi connectivity index (χ2v) is 7.73. The number of nitrogens with zero attached hydrogens (tertiary/aromatic N) is 3. The highest BCUT2D eigenvalue weighted by Gasteiger charge is 2.33. The normalized spacial score (nSPS) is 20.3. The van der Waals surface area contributed by atoms with E-state index in [0.29, 0.717) is 25.3 Å². The number of hydrogen-bond acceptors (Lipinski definition) is 4. The molecule has 7 heteroatoms. The first-order valence-corrected chi connectivity index (χ1v) is 10.1. The zero-order chi connectivity index (χ0) is 20.1. The molecule has 0 saturated carbocycles. The Hall–Kier alpha value is -2.41. The highest BCUT2D eigenvalue weighted by molar-refractivity contribution is 5.91. The summed E-state index contributed by atoms with van der Waals surface area (Å²) in [7, 11) is 0. The lowest BCUT2D eigenvalue weighted by atomic mass is 10.1. The summed E-state index contributed by atoms with van der Waals surface area (Å²) in [5, 5.41) is 2.80. The van der Waals surface area contributed by atoms with Gasteiger partial charge in [-0.25, -0.2) is 0 Å². The van der Waals surface area contributed by atoms with Crippen LogP contribution in [-0.2, 0) is 20.8 Å². The van der Waals surface area contributed by atoms with E-state index in [9.17, 15) is 14.4 Å². The summed E-state index contributed by atoms with van der Waals surface area (Å²) in [6.45, 7) is 7.70. The van der Waals surface area contributed by atoms with E-state index in [4.69, 9.17) is 0 Å². The molecule has 2 saturated heterocycles. The maximum Gasteiger partial charge on any atom is 0.227 e. The molecule has 7 nitrogen and oxygen atoms in total. The van der Waals surface area contributed by atoms with Crippen LogP contribution < -0.4 is 5.32 Å². The molecule has 0 radical (unpaired) electrons. The van der Waals surface area contributed by atoms with Crippen molar-refractivity contribution in [1.82, 2.24) is 14.7 Å². The molecule has 2 fully saturated rings. The van der Waals surface area contributed by atoms with Crippen molar-refractivity contribution in [1.29, 1.82) is 0 Å². The standard InChI is InChI=1S/C21H30N4O3/c1-16(26)22-20-8-4-3-7-18(20)13-21(28)25-12-11-24(17(2)27)15-19(25)14-23-9-5-6-10-23/h3-4,7-8,19H,5-6,9-15H2,1-2H3,(H,22,26)/t19-/m0/s1. The number of hydrogen-bond donors (Lipinski definition) is 1. The van der Waals surface area contributed by atoms with E-state index in [0.717, 1.165) is 25.2 Å². The average molecular weight is 386 g/mol. The molecule has 28 heavy (non-hydrogen) atoms. The first-order chi connectivity index (χ1) is 13.4. The molecule has 0 aromatic heterocycles. The molecule has 1 atom stereocenters. The highest BCUT2D eigenvalue weighted by Crippen LogP contribution is 2.20. The number of carbonyl (C=O) groups is 3. The minimum absolute atomic E-state index is 0.0104. The van der Waals surface area contributed by atoms with Gasteiger partial charge in [0.15, 0.2) is 0 Å². The summed E-state index contributed by atoms with van der Waals surface area (Å²) in [5.74, 6) is -0.0402. The number of nitrogens with one attached hydrogen (secondary N) is 1. The first kappa shape index (κ1) is 20.3. The Bertz CT molecular complexity index is 730. The molecule has 0 spiro atoms. The van der Waals surface area contributed by atoms with E-state index >= 15 is 0 Å². The van der Waals surface area contributed by atoms with Crippen molar-refractivity contribution in [2.45, 2.75) is 39.2 Å². The van der Waals surface area contributed by atoms with Crippen molar-refractivity contribution in [2.24, 2.45) is 0 Å². The Labute approximate surface area is 166 Å². The molecule has 0 unspecified atom stereocenters. The van der Waals surface area contributed by atoms with Crippen molar-refractivity contribution >= 4 is 23.4 Å². The largest absolute Gasteiger partial charge is 0.339 e. The van der Waals surface area contributed by atoms with Gasteiger partial charge in [0, 0.05) is 45.7 Å². The van der Waals surface area contributed by atoms with Crippen LogP contribution in [0.5, 0.6) is 0 Å². The Balaban J connectivity index is 1.72. The van der Waals surface area contributed by atoms with Gasteiger partial charge in [0.25, 0.3) is 0 Å². The molecule has 2 aliphatic rings. The predicted molar refractivity (Wildman–Crippen MR) is 108 cm³/mol. The minimum Gasteiger partial charge on any atom is -0.339 e. The van der Waals surface area contributed by atoms with Crippen molar-refractivity contribution in [3.05, 3.63) is 29.8 Å². The molecule has 2 heterocycles. The summed E-state index contributed by atoms with van der Waals surface area (Å²) in [4.78, 5) is 42.6. The van der Waals surface area contributed by atoms with Crippen LogP contribution in [0.15, 0.2) is 24.3 Å². The van der Waals surface area contributed by atoms with E-state index in [-0.39, 0.29) is 30.2 Å². The Morgan fingerprint density at radius 3 is 2.43 bits per heavy atom. The zero-order valence-electron chi connectivity index (χ0n) is 16.8. The molecular weight excluding hydrogens is 356 g/mol. The van der Waals surface area contributed by atoms with E-state index in [1.54, 1.807) is 6.92 Å². The van der Waals surface area contributed by atoms with Gasteiger partial charge in [-0.15, -0.1) is 0 Å². The van der Waals surface area contributed by atoms with E-state index in [1.807, 2.05) is 34.1 Å². The number of amides is 3. The lowest BCUT2D eigenvalue weighted by Crippen LogP contribution is -2.59. The Morgan fingerprint density at radius 1 is 1.04 bits per heavy atom. The molecule has 1 aromatic carbocycles. The molecule has 3 amide bonds. The molecule has 2 aliphatic heterocycles. The van der Waals surface area contributed by atoms with Gasteiger partial charge in [0.2, 0.25) is 17.7 Å². The molecular formula is C21H30N4O3. The SMILES string of the molecule is CC(=O)Nc1ccccc1CC(=O)N1CCN(C(C)=O)C[C@@H]1CN1CCCC1. The summed E-state index contributed by atoms with van der Waals surface area (Å²) in [6, 6.07) is 7.44. The lowest BCUT2D eigenvalue weighted by Gasteiger charge is -2.42. The van der Waals surface area contributed by atoms with Crippen LogP contribution >= 0.6 is 0 Å². The average Bonchev–Trinajstić information content (AvgIpc) is 3.15. The molecule has 152 valence electrons. The van der Waals surface area contributed by atoms with E-state index in [2.05, 4.69) is 10.2 Å². The minimum atomic E-state index is -0.151. The Kier molecular flexibility index (Phi) is 6.67. The fourth-order valence-electron chi connectivity index (χ4n) is 4.14. The maximum atomic E-state index is 13.2. The van der Waals surface area contributed by atoms with Crippen LogP contribution in [-0.4, -0.2) is 77.7 Å². The quantitative estimate of drug-likeness (QED) is 0.829. The highest BCUT2D eigenvalue weighted by atomic mass is 16.2. The number of anilines is 1. The van der Waals surface area contributed by atoms with Crippen LogP contribution in [0.4, 0.5) is 5.69 Å². The van der Waals surface area contributed by atoms with Crippen molar-refractivity contribution in [2.75, 3.05) is 44.6 Å². The molecule has 1 aromatic rings. The third kappa shape index (κ3) is 5.10. The maximum absolute atomic E-state index is 13.2. The van der Waals surface area contributed by atoms with Crippen LogP contribution in [0.25, 0.3) is 0 Å². The number of carbonyl (C=O) groups excluding carboxylic acids is 3. The van der Waals surface area contributed by atoms with Crippen LogP contribution in [0.3, 0.4) is 0 Å². The number of piperazine rings is 1. The molecule has 0 aliphatic carbocycles. The van der Waals surface area contributed by atoms with Gasteiger partial charge in [-0.2, -0.15) is 0 Å². The number of benzene rings is 1. The first-order valence-electron chi connectivity index (χ1n) is 10.1. The van der Waals surface area contributed by atoms with Gasteiger partial charge in [0.05, 0.1) is 12.5 Å². The topological polar surface area (TPSA) is 73.0 Å². The number of likely N-dealkylation sites (tertiary alicyclic amines) is 1. The van der Waals surface area contributed by atoms with Gasteiger partial charge >= 0.3 is 0 Å². The number of para-hydroxylation sites is 1. The van der Waals surface area contributed by atoms with Gasteiger partial charge < -0.3 is 20.0 Å². The second-order valence-electron chi connectivity index (χ2n) is 7.73. The van der Waals surface area contributed by atoms with Gasteiger partial charge in [-0.1, -0.05) is 18.2 Å².